The Labute approximate surface area is 183 Å². The monoisotopic (exact) mass is 448 g/mol. The molecule has 2 atom stereocenters. The largest absolute Gasteiger partial charge is 0.484 e. The fourth-order valence-electron chi connectivity index (χ4n) is 3.54. The van der Waals surface area contributed by atoms with Crippen molar-refractivity contribution in [1.82, 2.24) is 10.2 Å². The number of ether oxygens (including phenoxy) is 3. The zero-order valence-electron chi connectivity index (χ0n) is 17.0. The number of fused-ring (bicyclic) bond motifs is 1. The van der Waals surface area contributed by atoms with Gasteiger partial charge >= 0.3 is 5.97 Å². The molecule has 31 heavy (non-hydrogen) atoms. The highest BCUT2D eigenvalue weighted by molar-refractivity contribution is 8.00. The molecular weight excluding hydrogens is 424 g/mol. The van der Waals surface area contributed by atoms with Gasteiger partial charge in [0.25, 0.3) is 17.5 Å². The van der Waals surface area contributed by atoms with Crippen LogP contribution in [0.5, 0.6) is 5.75 Å². The first-order chi connectivity index (χ1) is 15.0. The summed E-state index contributed by atoms with van der Waals surface area (Å²) < 4.78 is 16.8. The maximum atomic E-state index is 13.2. The van der Waals surface area contributed by atoms with Gasteiger partial charge in [0.15, 0.2) is 6.61 Å². The fraction of sp³-hybridized carbons (Fsp3) is 0.476. The summed E-state index contributed by atoms with van der Waals surface area (Å²) in [6.45, 7) is 2.10. The Bertz CT molecular complexity index is 902. The Morgan fingerprint density at radius 3 is 2.68 bits per heavy atom. The number of rotatable bonds is 10. The Morgan fingerprint density at radius 1 is 1.29 bits per heavy atom. The second-order valence-corrected chi connectivity index (χ2v) is 8.50. The average molecular weight is 448 g/mol. The van der Waals surface area contributed by atoms with Crippen LogP contribution in [-0.2, 0) is 23.9 Å². The minimum Gasteiger partial charge on any atom is -0.484 e. The van der Waals surface area contributed by atoms with Gasteiger partial charge in [0.05, 0.1) is 12.7 Å². The number of β-lactam (4-membered cyclic amide) rings is 1. The van der Waals surface area contributed by atoms with Crippen LogP contribution in [0, 0.1) is 0 Å². The third-order valence-electron chi connectivity index (χ3n) is 5.11. The van der Waals surface area contributed by atoms with Gasteiger partial charge < -0.3 is 24.6 Å². The molecule has 0 spiro atoms. The predicted octanol–water partition coefficient (Wildman–Crippen LogP) is 1.35. The standard InChI is InChI=1S/C21H24N2O7S/c1-2-28-10-13-12-31-20-21(30-15-8-9-15,19(27)23(20)17(13)18(25)26)22-16(24)11-29-14-6-4-3-5-7-14/h3-7,15,20H,2,8-12H2,1H3,(H,22,24)(H,25,26)/t20-,21?/m0/s1. The van der Waals surface area contributed by atoms with Crippen LogP contribution in [0.1, 0.15) is 19.8 Å². The van der Waals surface area contributed by atoms with Crippen LogP contribution < -0.4 is 10.1 Å². The minimum atomic E-state index is -1.60. The van der Waals surface area contributed by atoms with Crippen LogP contribution in [0.3, 0.4) is 0 Å². The summed E-state index contributed by atoms with van der Waals surface area (Å²) in [5.74, 6) is -1.41. The molecule has 1 aromatic rings. The van der Waals surface area contributed by atoms with E-state index in [0.717, 1.165) is 12.8 Å². The molecule has 166 valence electrons. The Morgan fingerprint density at radius 2 is 2.03 bits per heavy atom. The second kappa shape index (κ2) is 8.89. The van der Waals surface area contributed by atoms with Crippen LogP contribution in [0.4, 0.5) is 0 Å². The molecule has 0 aromatic heterocycles. The number of nitrogens with zero attached hydrogens (tertiary/aromatic N) is 1. The molecule has 1 unspecified atom stereocenters. The SMILES string of the molecule is CCOCC1=C(C(=O)O)N2C(=O)C(NC(=O)COc3ccccc3)(OC3CC3)[C@@H]2SC1. The van der Waals surface area contributed by atoms with Gasteiger partial charge in [0, 0.05) is 12.4 Å². The number of nitrogens with one attached hydrogen (secondary N) is 1. The third kappa shape index (κ3) is 4.28. The summed E-state index contributed by atoms with van der Waals surface area (Å²) in [4.78, 5) is 39.0. The molecule has 1 aliphatic carbocycles. The number of hydrogen-bond acceptors (Lipinski definition) is 7. The number of carbonyl (C=O) groups excluding carboxylic acids is 2. The highest BCUT2D eigenvalue weighted by atomic mass is 32.2. The van der Waals surface area contributed by atoms with Crippen molar-refractivity contribution in [1.29, 1.82) is 0 Å². The Balaban J connectivity index is 1.52. The van der Waals surface area contributed by atoms with E-state index < -0.39 is 28.9 Å². The number of para-hydroxylation sites is 1. The van der Waals surface area contributed by atoms with Crippen molar-refractivity contribution < 1.29 is 33.7 Å². The van der Waals surface area contributed by atoms with Crippen molar-refractivity contribution in [3.05, 3.63) is 41.6 Å². The summed E-state index contributed by atoms with van der Waals surface area (Å²) >= 11 is 1.35. The normalized spacial score (nSPS) is 25.0. The molecule has 4 rings (SSSR count). The van der Waals surface area contributed by atoms with Gasteiger partial charge in [0.2, 0.25) is 0 Å². The van der Waals surface area contributed by atoms with Crippen LogP contribution in [0.15, 0.2) is 41.6 Å². The van der Waals surface area contributed by atoms with E-state index in [4.69, 9.17) is 14.2 Å². The molecule has 10 heteroatoms. The maximum absolute atomic E-state index is 13.2. The molecule has 0 bridgehead atoms. The predicted molar refractivity (Wildman–Crippen MR) is 111 cm³/mol. The highest BCUT2D eigenvalue weighted by Crippen LogP contribution is 2.49. The van der Waals surface area contributed by atoms with E-state index in [1.54, 1.807) is 24.3 Å². The highest BCUT2D eigenvalue weighted by Gasteiger charge is 2.68. The molecule has 9 nitrogen and oxygen atoms in total. The number of aliphatic carboxylic acids is 1. The molecule has 2 amide bonds. The zero-order chi connectivity index (χ0) is 22.0. The maximum Gasteiger partial charge on any atom is 0.352 e. The number of thioether (sulfide) groups is 1. The van der Waals surface area contributed by atoms with Gasteiger partial charge in [-0.2, -0.15) is 0 Å². The molecule has 1 saturated carbocycles. The van der Waals surface area contributed by atoms with Crippen molar-refractivity contribution >= 4 is 29.5 Å². The molecule has 2 fully saturated rings. The van der Waals surface area contributed by atoms with Crippen LogP contribution in [-0.4, -0.2) is 70.6 Å². The van der Waals surface area contributed by atoms with E-state index in [9.17, 15) is 19.5 Å². The fourth-order valence-corrected chi connectivity index (χ4v) is 4.92. The number of benzene rings is 1. The lowest BCUT2D eigenvalue weighted by atomic mass is 9.98. The minimum absolute atomic E-state index is 0.0907. The first-order valence-electron chi connectivity index (χ1n) is 10.1. The van der Waals surface area contributed by atoms with Crippen LogP contribution in [0.25, 0.3) is 0 Å². The van der Waals surface area contributed by atoms with E-state index in [1.165, 1.54) is 16.7 Å². The number of hydrogen-bond donors (Lipinski definition) is 2. The number of carboxylic acid groups (broad SMARTS) is 1. The summed E-state index contributed by atoms with van der Waals surface area (Å²) in [5, 5.41) is 11.8. The quantitative estimate of drug-likeness (QED) is 0.407. The molecule has 1 aromatic carbocycles. The summed E-state index contributed by atoms with van der Waals surface area (Å²) in [5.41, 5.74) is -1.16. The number of amides is 2. The van der Waals surface area contributed by atoms with Gasteiger partial charge in [-0.05, 0) is 37.5 Å². The van der Waals surface area contributed by atoms with Gasteiger partial charge in [0.1, 0.15) is 16.8 Å². The second-order valence-electron chi connectivity index (χ2n) is 7.44. The van der Waals surface area contributed by atoms with Crippen molar-refractivity contribution in [2.75, 3.05) is 25.6 Å². The number of carboxylic acids is 1. The van der Waals surface area contributed by atoms with E-state index in [-0.39, 0.29) is 25.0 Å². The van der Waals surface area contributed by atoms with E-state index in [0.29, 0.717) is 23.7 Å². The van der Waals surface area contributed by atoms with E-state index in [1.807, 2.05) is 13.0 Å². The molecule has 2 heterocycles. The summed E-state index contributed by atoms with van der Waals surface area (Å²) in [7, 11) is 0. The van der Waals surface area contributed by atoms with Gasteiger partial charge in [-0.15, -0.1) is 11.8 Å². The van der Waals surface area contributed by atoms with E-state index >= 15 is 0 Å². The van der Waals surface area contributed by atoms with Crippen molar-refractivity contribution in [2.45, 2.75) is 37.0 Å². The molecule has 2 aliphatic heterocycles. The number of carbonyl (C=O) groups is 3. The van der Waals surface area contributed by atoms with Crippen molar-refractivity contribution in [3.8, 4) is 5.75 Å². The lowest BCUT2D eigenvalue weighted by Crippen LogP contribution is -2.81. The lowest BCUT2D eigenvalue weighted by Gasteiger charge is -2.56. The Hall–Kier alpha value is -2.56. The third-order valence-corrected chi connectivity index (χ3v) is 6.48. The van der Waals surface area contributed by atoms with Crippen LogP contribution in [0.2, 0.25) is 0 Å². The summed E-state index contributed by atoms with van der Waals surface area (Å²) in [6.07, 6.45) is 1.45. The molecular formula is C21H24N2O7S. The van der Waals surface area contributed by atoms with Crippen molar-refractivity contribution in [2.24, 2.45) is 0 Å². The first-order valence-corrected chi connectivity index (χ1v) is 11.2. The van der Waals surface area contributed by atoms with Gasteiger partial charge in [-0.3, -0.25) is 14.5 Å². The van der Waals surface area contributed by atoms with Crippen molar-refractivity contribution in [3.63, 3.8) is 0 Å². The van der Waals surface area contributed by atoms with Gasteiger partial charge in [-0.25, -0.2) is 4.79 Å². The smallest absolute Gasteiger partial charge is 0.352 e. The van der Waals surface area contributed by atoms with Crippen LogP contribution >= 0.6 is 11.8 Å². The first kappa shape index (κ1) is 21.7. The topological polar surface area (TPSA) is 114 Å². The molecule has 0 radical (unpaired) electrons. The summed E-state index contributed by atoms with van der Waals surface area (Å²) in [6, 6.07) is 8.86. The molecule has 3 aliphatic rings. The Kier molecular flexibility index (Phi) is 6.22. The zero-order valence-corrected chi connectivity index (χ0v) is 17.9. The molecule has 1 saturated heterocycles. The van der Waals surface area contributed by atoms with E-state index in [2.05, 4.69) is 5.32 Å². The lowest BCUT2D eigenvalue weighted by molar-refractivity contribution is -0.201. The average Bonchev–Trinajstić information content (AvgIpc) is 3.59. The molecule has 2 N–H and O–H groups in total. The van der Waals surface area contributed by atoms with Gasteiger partial charge in [-0.1, -0.05) is 18.2 Å².